The number of hydrogen-bond acceptors (Lipinski definition) is 2. The second-order valence-electron chi connectivity index (χ2n) is 5.16. The third-order valence-corrected chi connectivity index (χ3v) is 4.48. The van der Waals surface area contributed by atoms with E-state index in [-0.39, 0.29) is 6.04 Å². The Morgan fingerprint density at radius 2 is 2.05 bits per heavy atom. The van der Waals surface area contributed by atoms with E-state index in [9.17, 15) is 0 Å². The lowest BCUT2D eigenvalue weighted by Gasteiger charge is -2.37. The van der Waals surface area contributed by atoms with Crippen LogP contribution in [0.25, 0.3) is 0 Å². The van der Waals surface area contributed by atoms with Gasteiger partial charge in [0, 0.05) is 17.0 Å². The summed E-state index contributed by atoms with van der Waals surface area (Å²) in [7, 11) is 3.65. The first-order valence-corrected chi connectivity index (χ1v) is 7.21. The predicted molar refractivity (Wildman–Crippen MR) is 82.7 cm³/mol. The summed E-state index contributed by atoms with van der Waals surface area (Å²) in [5, 5.41) is 4.17. The fourth-order valence-electron chi connectivity index (χ4n) is 3.06. The first-order chi connectivity index (χ1) is 9.74. The topological polar surface area (TPSA) is 21.3 Å². The highest BCUT2D eigenvalue weighted by atomic mass is 35.5. The van der Waals surface area contributed by atoms with Crippen molar-refractivity contribution in [3.8, 4) is 5.75 Å². The maximum Gasteiger partial charge on any atom is 0.120 e. The van der Waals surface area contributed by atoms with Crippen LogP contribution in [-0.2, 0) is 6.42 Å². The molecular formula is C17H18ClNO. The first-order valence-electron chi connectivity index (χ1n) is 6.83. The fourth-order valence-corrected chi connectivity index (χ4v) is 3.34. The molecule has 2 atom stereocenters. The fraction of sp³-hybridized carbons (Fsp3) is 0.294. The van der Waals surface area contributed by atoms with E-state index in [2.05, 4.69) is 35.6 Å². The van der Waals surface area contributed by atoms with Gasteiger partial charge in [0.1, 0.15) is 5.75 Å². The molecule has 1 N–H and O–H groups in total. The highest BCUT2D eigenvalue weighted by Crippen LogP contribution is 2.45. The van der Waals surface area contributed by atoms with Crippen LogP contribution in [-0.4, -0.2) is 14.2 Å². The molecule has 3 rings (SSSR count). The number of halogens is 1. The molecule has 2 aromatic rings. The molecule has 0 amide bonds. The van der Waals surface area contributed by atoms with E-state index < -0.39 is 0 Å². The summed E-state index contributed by atoms with van der Waals surface area (Å²) in [6, 6.07) is 14.8. The second-order valence-corrected chi connectivity index (χ2v) is 5.57. The molecule has 0 fully saturated rings. The Kier molecular flexibility index (Phi) is 3.68. The van der Waals surface area contributed by atoms with E-state index in [1.807, 2.05) is 19.2 Å². The van der Waals surface area contributed by atoms with Crippen LogP contribution < -0.4 is 10.1 Å². The van der Waals surface area contributed by atoms with Crippen LogP contribution in [0.2, 0.25) is 5.02 Å². The maximum atomic E-state index is 6.41. The zero-order valence-electron chi connectivity index (χ0n) is 11.7. The molecule has 1 aliphatic carbocycles. The van der Waals surface area contributed by atoms with Crippen LogP contribution in [0, 0.1) is 0 Å². The minimum Gasteiger partial charge on any atom is -0.497 e. The molecular weight excluding hydrogens is 270 g/mol. The number of ether oxygens (including phenoxy) is 1. The second kappa shape index (κ2) is 5.47. The van der Waals surface area contributed by atoms with E-state index >= 15 is 0 Å². The third kappa shape index (κ3) is 2.19. The lowest BCUT2D eigenvalue weighted by Crippen LogP contribution is -2.31. The molecule has 3 heteroatoms. The van der Waals surface area contributed by atoms with Gasteiger partial charge in [-0.2, -0.15) is 0 Å². The van der Waals surface area contributed by atoms with Gasteiger partial charge in [0.05, 0.1) is 7.11 Å². The van der Waals surface area contributed by atoms with Crippen molar-refractivity contribution < 1.29 is 4.74 Å². The van der Waals surface area contributed by atoms with Crippen LogP contribution in [0.3, 0.4) is 0 Å². The lowest BCUT2D eigenvalue weighted by atomic mass is 9.72. The minimum absolute atomic E-state index is 0.239. The SMILES string of the molecule is CNC(c1ccc(OC)cc1Cl)C1Cc2ccccc21. The maximum absolute atomic E-state index is 6.41. The van der Waals surface area contributed by atoms with Gasteiger partial charge in [0.2, 0.25) is 0 Å². The van der Waals surface area contributed by atoms with Crippen LogP contribution >= 0.6 is 11.6 Å². The van der Waals surface area contributed by atoms with E-state index in [0.717, 1.165) is 22.8 Å². The Morgan fingerprint density at radius 3 is 2.70 bits per heavy atom. The van der Waals surface area contributed by atoms with Gasteiger partial charge < -0.3 is 10.1 Å². The number of fused-ring (bicyclic) bond motifs is 1. The summed E-state index contributed by atoms with van der Waals surface area (Å²) in [5.74, 6) is 1.28. The van der Waals surface area contributed by atoms with Crippen molar-refractivity contribution in [1.29, 1.82) is 0 Å². The zero-order chi connectivity index (χ0) is 14.1. The molecule has 104 valence electrons. The number of likely N-dealkylation sites (N-methyl/N-ethyl adjacent to an activating group) is 1. The number of methoxy groups -OCH3 is 1. The standard InChI is InChI=1S/C17H18ClNO/c1-19-17(14-8-7-12(20-2)10-16(14)18)15-9-11-5-3-4-6-13(11)15/h3-8,10,15,17,19H,9H2,1-2H3. The van der Waals surface area contributed by atoms with E-state index in [0.29, 0.717) is 5.92 Å². The molecule has 0 aromatic heterocycles. The van der Waals surface area contributed by atoms with Crippen molar-refractivity contribution in [2.75, 3.05) is 14.2 Å². The van der Waals surface area contributed by atoms with Crippen molar-refractivity contribution in [2.45, 2.75) is 18.4 Å². The average molecular weight is 288 g/mol. The molecule has 2 unspecified atom stereocenters. The normalized spacial score (nSPS) is 18.1. The van der Waals surface area contributed by atoms with Gasteiger partial charge in [0.25, 0.3) is 0 Å². The highest BCUT2D eigenvalue weighted by Gasteiger charge is 2.33. The van der Waals surface area contributed by atoms with Crippen molar-refractivity contribution in [2.24, 2.45) is 0 Å². The summed E-state index contributed by atoms with van der Waals surface area (Å²) >= 11 is 6.41. The summed E-state index contributed by atoms with van der Waals surface area (Å²) in [4.78, 5) is 0. The quantitative estimate of drug-likeness (QED) is 0.919. The largest absolute Gasteiger partial charge is 0.497 e. The van der Waals surface area contributed by atoms with Crippen molar-refractivity contribution >= 4 is 11.6 Å². The van der Waals surface area contributed by atoms with Gasteiger partial charge in [-0.3, -0.25) is 0 Å². The van der Waals surface area contributed by atoms with E-state index in [1.165, 1.54) is 11.1 Å². The Morgan fingerprint density at radius 1 is 1.25 bits per heavy atom. The van der Waals surface area contributed by atoms with Crippen LogP contribution in [0.5, 0.6) is 5.75 Å². The first kappa shape index (κ1) is 13.5. The number of nitrogens with one attached hydrogen (secondary N) is 1. The number of rotatable bonds is 4. The van der Waals surface area contributed by atoms with Crippen molar-refractivity contribution in [1.82, 2.24) is 5.32 Å². The highest BCUT2D eigenvalue weighted by molar-refractivity contribution is 6.31. The summed E-state index contributed by atoms with van der Waals surface area (Å²) < 4.78 is 5.22. The molecule has 0 bridgehead atoms. The molecule has 2 nitrogen and oxygen atoms in total. The van der Waals surface area contributed by atoms with Gasteiger partial charge in [-0.15, -0.1) is 0 Å². The van der Waals surface area contributed by atoms with Gasteiger partial charge >= 0.3 is 0 Å². The van der Waals surface area contributed by atoms with Crippen LogP contribution in [0.4, 0.5) is 0 Å². The Balaban J connectivity index is 1.92. The Bertz CT molecular complexity index is 626. The third-order valence-electron chi connectivity index (χ3n) is 4.15. The van der Waals surface area contributed by atoms with Gasteiger partial charge in [-0.05, 0) is 42.3 Å². The summed E-state index contributed by atoms with van der Waals surface area (Å²) in [6.07, 6.45) is 1.10. The summed E-state index contributed by atoms with van der Waals surface area (Å²) in [5.41, 5.74) is 4.01. The average Bonchev–Trinajstić information content (AvgIpc) is 2.45. The Hall–Kier alpha value is -1.51. The molecule has 2 aromatic carbocycles. The molecule has 0 radical (unpaired) electrons. The number of hydrogen-bond donors (Lipinski definition) is 1. The predicted octanol–water partition coefficient (Wildman–Crippen LogP) is 3.95. The molecule has 20 heavy (non-hydrogen) atoms. The molecule has 0 spiro atoms. The molecule has 0 aliphatic heterocycles. The lowest BCUT2D eigenvalue weighted by molar-refractivity contribution is 0.412. The van der Waals surface area contributed by atoms with Gasteiger partial charge in [0.15, 0.2) is 0 Å². The van der Waals surface area contributed by atoms with Crippen molar-refractivity contribution in [3.05, 3.63) is 64.2 Å². The molecule has 0 saturated carbocycles. The monoisotopic (exact) mass is 287 g/mol. The van der Waals surface area contributed by atoms with E-state index in [4.69, 9.17) is 16.3 Å². The summed E-state index contributed by atoms with van der Waals surface area (Å²) in [6.45, 7) is 0. The van der Waals surface area contributed by atoms with Crippen molar-refractivity contribution in [3.63, 3.8) is 0 Å². The Labute approximate surface area is 124 Å². The van der Waals surface area contributed by atoms with E-state index in [1.54, 1.807) is 7.11 Å². The van der Waals surface area contributed by atoms with Gasteiger partial charge in [-0.1, -0.05) is 41.9 Å². The zero-order valence-corrected chi connectivity index (χ0v) is 12.4. The van der Waals surface area contributed by atoms with Crippen LogP contribution in [0.1, 0.15) is 28.7 Å². The molecule has 1 aliphatic rings. The smallest absolute Gasteiger partial charge is 0.120 e. The minimum atomic E-state index is 0.239. The van der Waals surface area contributed by atoms with Crippen LogP contribution in [0.15, 0.2) is 42.5 Å². The molecule has 0 saturated heterocycles. The van der Waals surface area contributed by atoms with Gasteiger partial charge in [-0.25, -0.2) is 0 Å². The molecule has 0 heterocycles. The number of benzene rings is 2.